The van der Waals surface area contributed by atoms with Crippen LogP contribution in [0.2, 0.25) is 10.3 Å². The number of nitrogens with zero attached hydrogens (tertiary/aromatic N) is 4. The SMILES string of the molecule is CC1(C)OB(B2OC(C)(C)C(C)(C)O2)OC1(C)C.CN(C(=O)c1cc(B2OC(C)(C)C(C)(C)O2)cnc1Cl)C1CC1.CN(C(=O)c1cc(Br)cnc1Cl)C1CC1. The summed E-state index contributed by atoms with van der Waals surface area (Å²) in [6, 6.07) is 4.14. The summed E-state index contributed by atoms with van der Waals surface area (Å²) in [5.74, 6) is -0.167. The third kappa shape index (κ3) is 9.65. The van der Waals surface area contributed by atoms with E-state index >= 15 is 0 Å². The monoisotopic (exact) mass is 878 g/mol. The van der Waals surface area contributed by atoms with Gasteiger partial charge in [0.15, 0.2) is 0 Å². The van der Waals surface area contributed by atoms with Crippen LogP contribution in [0.25, 0.3) is 0 Å². The van der Waals surface area contributed by atoms with Crippen LogP contribution in [0.5, 0.6) is 0 Å². The third-order valence-corrected chi connectivity index (χ3v) is 13.3. The number of halogens is 3. The summed E-state index contributed by atoms with van der Waals surface area (Å²) in [7, 11) is 2.10. The van der Waals surface area contributed by atoms with Gasteiger partial charge in [-0.1, -0.05) is 23.2 Å². The minimum absolute atomic E-state index is 0.0590. The Labute approximate surface area is 352 Å². The molecule has 0 aromatic carbocycles. The molecule has 2 saturated carbocycles. The molecule has 2 amide bonds. The summed E-state index contributed by atoms with van der Waals surface area (Å²) in [6.45, 7) is 24.2. The smallest absolute Gasteiger partial charge is 0.405 e. The summed E-state index contributed by atoms with van der Waals surface area (Å²) >= 11 is 15.3. The minimum Gasteiger partial charge on any atom is -0.405 e. The molecule has 0 bridgehead atoms. The van der Waals surface area contributed by atoms with Crippen molar-refractivity contribution >= 4 is 77.5 Å². The number of hydrogen-bond acceptors (Lipinski definition) is 10. The lowest BCUT2D eigenvalue weighted by atomic mass is 9.49. The van der Waals surface area contributed by atoms with Crippen LogP contribution in [-0.4, -0.2) is 113 Å². The Morgan fingerprint density at radius 2 is 0.929 bits per heavy atom. The Morgan fingerprint density at radius 1 is 0.607 bits per heavy atom. The highest BCUT2D eigenvalue weighted by Gasteiger charge is 2.63. The molecule has 0 atom stereocenters. The lowest BCUT2D eigenvalue weighted by Gasteiger charge is -2.32. The van der Waals surface area contributed by atoms with Gasteiger partial charge in [-0.15, -0.1) is 0 Å². The van der Waals surface area contributed by atoms with E-state index in [1.165, 1.54) is 0 Å². The van der Waals surface area contributed by atoms with Crippen molar-refractivity contribution < 1.29 is 37.5 Å². The summed E-state index contributed by atoms with van der Waals surface area (Å²) in [4.78, 5) is 36.1. The average Bonchev–Trinajstić information content (AvgIpc) is 4.01. The van der Waals surface area contributed by atoms with Crippen molar-refractivity contribution in [2.45, 2.75) is 154 Å². The Bertz CT molecular complexity index is 1730. The zero-order valence-corrected chi connectivity index (χ0v) is 38.3. The number of hydrogen-bond donors (Lipinski definition) is 0. The van der Waals surface area contributed by atoms with Gasteiger partial charge in [0.25, 0.3) is 11.8 Å². The molecule has 0 radical (unpaired) electrons. The van der Waals surface area contributed by atoms with Crippen LogP contribution in [0.15, 0.2) is 29.0 Å². The topological polar surface area (TPSA) is 122 Å². The average molecular weight is 880 g/mol. The van der Waals surface area contributed by atoms with Crippen molar-refractivity contribution in [1.29, 1.82) is 0 Å². The molecule has 3 saturated heterocycles. The molecule has 5 heterocycles. The lowest BCUT2D eigenvalue weighted by molar-refractivity contribution is 0.00578. The number of rotatable bonds is 6. The van der Waals surface area contributed by atoms with E-state index in [1.807, 2.05) is 83.1 Å². The Morgan fingerprint density at radius 3 is 1.29 bits per heavy atom. The normalized spacial score (nSPS) is 23.5. The zero-order valence-electron chi connectivity index (χ0n) is 35.2. The molecule has 18 heteroatoms. The van der Waals surface area contributed by atoms with Gasteiger partial charge < -0.3 is 37.7 Å². The van der Waals surface area contributed by atoms with Crippen molar-refractivity contribution in [2.75, 3.05) is 14.1 Å². The Hall–Kier alpha value is -1.75. The van der Waals surface area contributed by atoms with Crippen molar-refractivity contribution in [3.8, 4) is 0 Å². The number of aromatic nitrogens is 2. The molecule has 7 rings (SSSR count). The molecule has 0 N–H and O–H groups in total. The highest BCUT2D eigenvalue weighted by Crippen LogP contribution is 2.43. The van der Waals surface area contributed by atoms with E-state index in [1.54, 1.807) is 48.4 Å². The molecule has 3 aliphatic heterocycles. The molecule has 2 aliphatic carbocycles. The summed E-state index contributed by atoms with van der Waals surface area (Å²) in [5.41, 5.74) is -0.752. The van der Waals surface area contributed by atoms with Crippen LogP contribution >= 0.6 is 39.1 Å². The fourth-order valence-corrected chi connectivity index (χ4v) is 6.63. The molecule has 0 spiro atoms. The van der Waals surface area contributed by atoms with Gasteiger partial charge in [-0.3, -0.25) is 9.59 Å². The Balaban J connectivity index is 0.000000165. The number of pyridine rings is 2. The van der Waals surface area contributed by atoms with Gasteiger partial charge >= 0.3 is 21.1 Å². The second kappa shape index (κ2) is 16.0. The van der Waals surface area contributed by atoms with Crippen molar-refractivity contribution in [1.82, 2.24) is 19.8 Å². The van der Waals surface area contributed by atoms with Crippen molar-refractivity contribution in [3.05, 3.63) is 50.4 Å². The number of amides is 2. The summed E-state index contributed by atoms with van der Waals surface area (Å²) < 4.78 is 36.6. The van der Waals surface area contributed by atoms with Crippen molar-refractivity contribution in [2.24, 2.45) is 0 Å². The van der Waals surface area contributed by atoms with Gasteiger partial charge in [-0.25, -0.2) is 9.97 Å². The molecule has 5 aliphatic rings. The van der Waals surface area contributed by atoms with Gasteiger partial charge in [-0.05, 0) is 137 Å². The first-order valence-electron chi connectivity index (χ1n) is 19.2. The van der Waals surface area contributed by atoms with E-state index in [4.69, 9.17) is 51.1 Å². The van der Waals surface area contributed by atoms with Gasteiger partial charge in [0.2, 0.25) is 0 Å². The Kier molecular flexibility index (Phi) is 13.0. The largest absolute Gasteiger partial charge is 0.496 e. The molecule has 306 valence electrons. The van der Waals surface area contributed by atoms with E-state index in [-0.39, 0.29) is 44.5 Å². The number of carbonyl (C=O) groups excluding carboxylic acids is 2. The van der Waals surface area contributed by atoms with Crippen LogP contribution in [0.3, 0.4) is 0 Å². The van der Waals surface area contributed by atoms with Crippen LogP contribution in [0.4, 0.5) is 0 Å². The molecule has 0 unspecified atom stereocenters. The van der Waals surface area contributed by atoms with E-state index in [0.717, 1.165) is 30.2 Å². The molecule has 5 fully saturated rings. The molecule has 56 heavy (non-hydrogen) atoms. The van der Waals surface area contributed by atoms with E-state index < -0.39 is 32.3 Å². The minimum atomic E-state index is -0.553. The maximum atomic E-state index is 12.6. The van der Waals surface area contributed by atoms with Crippen LogP contribution < -0.4 is 5.46 Å². The maximum Gasteiger partial charge on any atom is 0.496 e. The highest BCUT2D eigenvalue weighted by molar-refractivity contribution is 9.10. The quantitative estimate of drug-likeness (QED) is 0.217. The van der Waals surface area contributed by atoms with E-state index in [2.05, 4.69) is 25.9 Å². The third-order valence-electron chi connectivity index (χ3n) is 12.2. The van der Waals surface area contributed by atoms with Crippen LogP contribution in [-0.2, 0) is 27.9 Å². The van der Waals surface area contributed by atoms with E-state index in [0.29, 0.717) is 28.7 Å². The lowest BCUT2D eigenvalue weighted by Crippen LogP contribution is -2.41. The van der Waals surface area contributed by atoms with Gasteiger partial charge in [0, 0.05) is 48.5 Å². The van der Waals surface area contributed by atoms with E-state index in [9.17, 15) is 9.59 Å². The first kappa shape index (κ1) is 45.3. The fraction of sp³-hybridized carbons (Fsp3) is 0.684. The molecule has 2 aromatic rings. The molecular formula is C38H56B3BrCl2N4O8. The van der Waals surface area contributed by atoms with Crippen LogP contribution in [0.1, 0.15) is 129 Å². The second-order valence-corrected chi connectivity index (χ2v) is 19.9. The molecular weight excluding hydrogens is 824 g/mol. The first-order valence-corrected chi connectivity index (χ1v) is 20.7. The van der Waals surface area contributed by atoms with Crippen LogP contribution in [0, 0.1) is 0 Å². The highest BCUT2D eigenvalue weighted by atomic mass is 79.9. The van der Waals surface area contributed by atoms with Crippen molar-refractivity contribution in [3.63, 3.8) is 0 Å². The van der Waals surface area contributed by atoms with Gasteiger partial charge in [0.05, 0.1) is 44.7 Å². The predicted molar refractivity (Wildman–Crippen MR) is 224 cm³/mol. The molecule has 12 nitrogen and oxygen atoms in total. The zero-order chi connectivity index (χ0) is 42.0. The number of carbonyl (C=O) groups is 2. The van der Waals surface area contributed by atoms with Gasteiger partial charge in [-0.2, -0.15) is 0 Å². The predicted octanol–water partition coefficient (Wildman–Crippen LogP) is 7.25. The first-order chi connectivity index (χ1) is 25.6. The summed E-state index contributed by atoms with van der Waals surface area (Å²) in [6.07, 6.45) is 7.45. The second-order valence-electron chi connectivity index (χ2n) is 18.2. The molecule has 2 aromatic heterocycles. The fourth-order valence-electron chi connectivity index (χ4n) is 5.93. The van der Waals surface area contributed by atoms with Gasteiger partial charge in [0.1, 0.15) is 10.3 Å². The standard InChI is InChI=1S/C16H22BClN2O3.C12H24B2O4.C10H10BrClN2O/c1-15(2)16(3,4)23-17(22-15)10-8-12(13(18)19-9-10)14(21)20(5)11-6-7-11;1-9(2)10(3,4)16-13(15-9)14-17-11(5,6)12(7,8)18-14;1-14(7-2-3-7)10(15)8-4-6(11)5-13-9(8)12/h8-9,11H,6-7H2,1-5H3;1-8H3;4-5,7H,2-3H2,1H3. The summed E-state index contributed by atoms with van der Waals surface area (Å²) in [5, 5.41) is 0.471. The maximum absolute atomic E-state index is 12.6.